The molecular weight excluding hydrogens is 487 g/mol. The van der Waals surface area contributed by atoms with Crippen molar-refractivity contribution in [3.63, 3.8) is 0 Å². The highest BCUT2D eigenvalue weighted by atomic mass is 127. The molecule has 6 nitrogen and oxygen atoms in total. The molecule has 3 rings (SSSR count). The first-order chi connectivity index (χ1) is 14.0. The molecule has 0 radical (unpaired) electrons. The maximum absolute atomic E-state index is 4.53. The fourth-order valence-electron chi connectivity index (χ4n) is 4.27. The minimum absolute atomic E-state index is 0. The van der Waals surface area contributed by atoms with Gasteiger partial charge in [0.15, 0.2) is 5.96 Å². The van der Waals surface area contributed by atoms with Crippen LogP contribution in [-0.2, 0) is 20.0 Å². The fraction of sp³-hybridized carbons (Fsp3) is 0.565. The Hall–Kier alpha value is -1.61. The molecule has 2 heterocycles. The summed E-state index contributed by atoms with van der Waals surface area (Å²) in [5.41, 5.74) is 5.07. The largest absolute Gasteiger partial charge is 0.355 e. The zero-order valence-electron chi connectivity index (χ0n) is 19.0. The zero-order valence-corrected chi connectivity index (χ0v) is 21.3. The minimum Gasteiger partial charge on any atom is -0.355 e. The third-order valence-electron chi connectivity index (χ3n) is 6.01. The number of benzene rings is 1. The average Bonchev–Trinajstić information content (AvgIpc) is 3.25. The molecule has 1 saturated heterocycles. The van der Waals surface area contributed by atoms with Gasteiger partial charge in [-0.15, -0.1) is 24.0 Å². The molecule has 2 N–H and O–H groups in total. The van der Waals surface area contributed by atoms with Crippen molar-refractivity contribution < 1.29 is 0 Å². The van der Waals surface area contributed by atoms with Gasteiger partial charge in [0, 0.05) is 45.0 Å². The summed E-state index contributed by atoms with van der Waals surface area (Å²) < 4.78 is 1.96. The van der Waals surface area contributed by atoms with Crippen LogP contribution in [0.3, 0.4) is 0 Å². The Morgan fingerprint density at radius 1 is 1.27 bits per heavy atom. The Kier molecular flexibility index (Phi) is 9.61. The van der Waals surface area contributed by atoms with Gasteiger partial charge in [0.2, 0.25) is 0 Å². The van der Waals surface area contributed by atoms with E-state index in [0.29, 0.717) is 6.04 Å². The predicted molar refractivity (Wildman–Crippen MR) is 136 cm³/mol. The second-order valence-corrected chi connectivity index (χ2v) is 8.23. The molecule has 1 aromatic carbocycles. The van der Waals surface area contributed by atoms with E-state index >= 15 is 0 Å². The number of nitrogens with zero attached hydrogens (tertiary/aromatic N) is 4. The first kappa shape index (κ1) is 24.7. The highest BCUT2D eigenvalue weighted by Crippen LogP contribution is 2.19. The van der Waals surface area contributed by atoms with E-state index in [2.05, 4.69) is 76.7 Å². The van der Waals surface area contributed by atoms with Gasteiger partial charge in [-0.3, -0.25) is 14.6 Å². The molecule has 2 unspecified atom stereocenters. The Morgan fingerprint density at radius 2 is 2.00 bits per heavy atom. The molecular formula is C23H37IN6. The third kappa shape index (κ3) is 6.44. The van der Waals surface area contributed by atoms with Gasteiger partial charge in [-0.25, -0.2) is 0 Å². The van der Waals surface area contributed by atoms with Gasteiger partial charge in [0.05, 0.1) is 5.69 Å². The Morgan fingerprint density at radius 3 is 2.63 bits per heavy atom. The normalized spacial score (nSPS) is 18.2. The van der Waals surface area contributed by atoms with Gasteiger partial charge in [0.1, 0.15) is 0 Å². The Labute approximate surface area is 198 Å². The first-order valence-electron chi connectivity index (χ1n) is 10.7. The number of hydrogen-bond acceptors (Lipinski definition) is 3. The van der Waals surface area contributed by atoms with E-state index in [1.807, 2.05) is 18.8 Å². The Balaban J connectivity index is 0.00000320. The number of halogens is 1. The van der Waals surface area contributed by atoms with E-state index in [1.54, 1.807) is 0 Å². The van der Waals surface area contributed by atoms with E-state index in [1.165, 1.54) is 36.2 Å². The van der Waals surface area contributed by atoms with Crippen LogP contribution < -0.4 is 10.6 Å². The van der Waals surface area contributed by atoms with Crippen LogP contribution in [0.4, 0.5) is 0 Å². The summed E-state index contributed by atoms with van der Waals surface area (Å²) in [6, 6.07) is 11.6. The van der Waals surface area contributed by atoms with Crippen molar-refractivity contribution in [2.45, 2.75) is 58.7 Å². The maximum Gasteiger partial charge on any atom is 0.191 e. The van der Waals surface area contributed by atoms with Crippen molar-refractivity contribution in [1.29, 1.82) is 0 Å². The molecule has 30 heavy (non-hydrogen) atoms. The van der Waals surface area contributed by atoms with Crippen LogP contribution >= 0.6 is 24.0 Å². The SMILES string of the molecule is CN=C(NCC1CCCN1Cc1ccccc1)NC(C)Cc1c(C)nn(C)c1C.I. The summed E-state index contributed by atoms with van der Waals surface area (Å²) in [5, 5.41) is 11.6. The molecule has 0 spiro atoms. The molecule has 1 aromatic heterocycles. The number of aromatic nitrogens is 2. The number of rotatable bonds is 7. The lowest BCUT2D eigenvalue weighted by atomic mass is 10.1. The molecule has 166 valence electrons. The molecule has 2 aromatic rings. The van der Waals surface area contributed by atoms with Crippen LogP contribution in [0.2, 0.25) is 0 Å². The molecule has 0 aliphatic carbocycles. The summed E-state index contributed by atoms with van der Waals surface area (Å²) in [6.07, 6.45) is 3.44. The lowest BCUT2D eigenvalue weighted by molar-refractivity contribution is 0.245. The van der Waals surface area contributed by atoms with E-state index in [-0.39, 0.29) is 30.0 Å². The number of aryl methyl sites for hydroxylation is 2. The lowest BCUT2D eigenvalue weighted by Crippen LogP contribution is -2.47. The first-order valence-corrected chi connectivity index (χ1v) is 10.7. The van der Waals surface area contributed by atoms with E-state index in [9.17, 15) is 0 Å². The van der Waals surface area contributed by atoms with Crippen LogP contribution in [0.1, 0.15) is 42.3 Å². The van der Waals surface area contributed by atoms with Crippen molar-refractivity contribution in [3.8, 4) is 0 Å². The van der Waals surface area contributed by atoms with Crippen LogP contribution in [-0.4, -0.2) is 52.9 Å². The highest BCUT2D eigenvalue weighted by molar-refractivity contribution is 14.0. The van der Waals surface area contributed by atoms with Crippen molar-refractivity contribution in [2.75, 3.05) is 20.1 Å². The second-order valence-electron chi connectivity index (χ2n) is 8.23. The number of likely N-dealkylation sites (tertiary alicyclic amines) is 1. The molecule has 7 heteroatoms. The quantitative estimate of drug-likeness (QED) is 0.331. The van der Waals surface area contributed by atoms with Gasteiger partial charge in [0.25, 0.3) is 0 Å². The summed E-state index contributed by atoms with van der Waals surface area (Å²) in [5.74, 6) is 0.878. The average molecular weight is 524 g/mol. The third-order valence-corrected chi connectivity index (χ3v) is 6.01. The van der Waals surface area contributed by atoms with Gasteiger partial charge in [-0.05, 0) is 57.7 Å². The summed E-state index contributed by atoms with van der Waals surface area (Å²) in [6.45, 7) is 9.54. The van der Waals surface area contributed by atoms with Gasteiger partial charge in [-0.2, -0.15) is 5.10 Å². The van der Waals surface area contributed by atoms with Crippen molar-refractivity contribution in [1.82, 2.24) is 25.3 Å². The second kappa shape index (κ2) is 11.7. The molecule has 0 amide bonds. The van der Waals surface area contributed by atoms with Crippen molar-refractivity contribution in [2.24, 2.45) is 12.0 Å². The molecule has 0 bridgehead atoms. The Bertz CT molecular complexity index is 817. The molecule has 1 fully saturated rings. The maximum atomic E-state index is 4.53. The van der Waals surface area contributed by atoms with E-state index < -0.39 is 0 Å². The number of guanidine groups is 1. The number of nitrogens with one attached hydrogen (secondary N) is 2. The van der Waals surface area contributed by atoms with Crippen LogP contribution in [0, 0.1) is 13.8 Å². The minimum atomic E-state index is 0. The van der Waals surface area contributed by atoms with Crippen LogP contribution in [0.5, 0.6) is 0 Å². The van der Waals surface area contributed by atoms with Crippen molar-refractivity contribution >= 4 is 29.9 Å². The monoisotopic (exact) mass is 524 g/mol. The topological polar surface area (TPSA) is 57.5 Å². The highest BCUT2D eigenvalue weighted by Gasteiger charge is 2.24. The van der Waals surface area contributed by atoms with Gasteiger partial charge < -0.3 is 10.6 Å². The lowest BCUT2D eigenvalue weighted by Gasteiger charge is -2.26. The standard InChI is InChI=1S/C23H36N6.HI/c1-17(14-22-18(2)27-28(5)19(22)3)26-23(24-4)25-15-21-12-9-13-29(21)16-20-10-7-6-8-11-20;/h6-8,10-11,17,21H,9,12-16H2,1-5H3,(H2,24,25,26);1H. The number of aliphatic imine (C=N–C) groups is 1. The van der Waals surface area contributed by atoms with Crippen molar-refractivity contribution in [3.05, 3.63) is 52.8 Å². The molecule has 0 saturated carbocycles. The summed E-state index contributed by atoms with van der Waals surface area (Å²) in [7, 11) is 3.85. The molecule has 1 aliphatic rings. The number of hydrogen-bond donors (Lipinski definition) is 2. The van der Waals surface area contributed by atoms with Gasteiger partial charge in [-0.1, -0.05) is 30.3 Å². The van der Waals surface area contributed by atoms with E-state index in [4.69, 9.17) is 0 Å². The molecule has 1 aliphatic heterocycles. The van der Waals surface area contributed by atoms with Gasteiger partial charge >= 0.3 is 0 Å². The smallest absolute Gasteiger partial charge is 0.191 e. The predicted octanol–water partition coefficient (Wildman–Crippen LogP) is 3.42. The summed E-state index contributed by atoms with van der Waals surface area (Å²) in [4.78, 5) is 7.03. The van der Waals surface area contributed by atoms with Crippen LogP contribution in [0.25, 0.3) is 0 Å². The van der Waals surface area contributed by atoms with E-state index in [0.717, 1.165) is 31.2 Å². The zero-order chi connectivity index (χ0) is 20.8. The summed E-state index contributed by atoms with van der Waals surface area (Å²) >= 11 is 0. The van der Waals surface area contributed by atoms with Crippen LogP contribution in [0.15, 0.2) is 35.3 Å². The molecule has 2 atom stereocenters. The fourth-order valence-corrected chi connectivity index (χ4v) is 4.27.